The molecule has 208 valence electrons. The molecule has 0 spiro atoms. The molecule has 0 aliphatic carbocycles. The summed E-state index contributed by atoms with van der Waals surface area (Å²) >= 11 is 0. The van der Waals surface area contributed by atoms with Crippen LogP contribution in [0.3, 0.4) is 0 Å². The second-order valence-corrected chi connectivity index (χ2v) is 9.32. The minimum absolute atomic E-state index is 0.223. The van der Waals surface area contributed by atoms with Crippen LogP contribution in [0.15, 0.2) is 83.9 Å². The van der Waals surface area contributed by atoms with Gasteiger partial charge in [-0.25, -0.2) is 14.7 Å². The van der Waals surface area contributed by atoms with E-state index in [1.165, 1.54) is 7.11 Å². The Morgan fingerprint density at radius 2 is 1.75 bits per heavy atom. The van der Waals surface area contributed by atoms with E-state index in [2.05, 4.69) is 4.99 Å². The fourth-order valence-electron chi connectivity index (χ4n) is 5.18. The quantitative estimate of drug-likeness (QED) is 0.436. The normalized spacial score (nSPS) is 21.7. The number of esters is 1. The minimum atomic E-state index is -5.30. The molecular weight excluding hydrogens is 527 g/mol. The van der Waals surface area contributed by atoms with Crippen molar-refractivity contribution in [3.8, 4) is 16.9 Å². The molecular formula is C29H26F3N3O5. The van der Waals surface area contributed by atoms with Gasteiger partial charge in [-0.05, 0) is 24.0 Å². The lowest BCUT2D eigenvalue weighted by atomic mass is 9.80. The number of hydrogen-bond donors (Lipinski definition) is 1. The number of para-hydroxylation sites is 1. The van der Waals surface area contributed by atoms with Crippen LogP contribution in [0, 0.1) is 0 Å². The monoisotopic (exact) mass is 553 g/mol. The van der Waals surface area contributed by atoms with Crippen LogP contribution in [0.5, 0.6) is 5.75 Å². The summed E-state index contributed by atoms with van der Waals surface area (Å²) in [6.07, 6.45) is -7.37. The van der Waals surface area contributed by atoms with Gasteiger partial charge in [0.15, 0.2) is 5.54 Å². The van der Waals surface area contributed by atoms with E-state index in [1.54, 1.807) is 42.5 Å². The third-order valence-corrected chi connectivity index (χ3v) is 6.94. The molecule has 3 aromatic carbocycles. The maximum Gasteiger partial charge on any atom is 0.491 e. The summed E-state index contributed by atoms with van der Waals surface area (Å²) in [6.45, 7) is 0.223. The highest BCUT2D eigenvalue weighted by Crippen LogP contribution is 2.47. The molecule has 2 N–H and O–H groups in total. The maximum atomic E-state index is 14.5. The van der Waals surface area contributed by atoms with Crippen molar-refractivity contribution in [1.29, 1.82) is 0 Å². The molecule has 2 heterocycles. The summed E-state index contributed by atoms with van der Waals surface area (Å²) in [7, 11) is 1.45. The highest BCUT2D eigenvalue weighted by Gasteiger charge is 2.57. The number of rotatable bonds is 7. The Labute approximate surface area is 228 Å². The van der Waals surface area contributed by atoms with Crippen molar-refractivity contribution >= 4 is 17.8 Å². The first kappa shape index (κ1) is 27.2. The fourth-order valence-corrected chi connectivity index (χ4v) is 5.18. The van der Waals surface area contributed by atoms with Crippen molar-refractivity contribution in [3.05, 3.63) is 90.0 Å². The van der Waals surface area contributed by atoms with Crippen molar-refractivity contribution in [3.63, 3.8) is 0 Å². The molecule has 0 radical (unpaired) electrons. The zero-order chi connectivity index (χ0) is 28.5. The van der Waals surface area contributed by atoms with Gasteiger partial charge in [0.05, 0.1) is 7.11 Å². The second-order valence-electron chi connectivity index (χ2n) is 9.32. The van der Waals surface area contributed by atoms with Gasteiger partial charge in [-0.3, -0.25) is 4.79 Å². The highest BCUT2D eigenvalue weighted by molar-refractivity contribution is 6.10. The summed E-state index contributed by atoms with van der Waals surface area (Å²) in [4.78, 5) is 31.9. The number of alkyl halides is 3. The van der Waals surface area contributed by atoms with Crippen molar-refractivity contribution in [2.45, 2.75) is 36.9 Å². The predicted molar refractivity (Wildman–Crippen MR) is 139 cm³/mol. The summed E-state index contributed by atoms with van der Waals surface area (Å²) in [5.74, 6) is -3.37. The number of aliphatic imine (C=N–C) groups is 1. The first-order valence-electron chi connectivity index (χ1n) is 12.6. The second kappa shape index (κ2) is 10.6. The van der Waals surface area contributed by atoms with Gasteiger partial charge in [0.25, 0.3) is 5.91 Å². The van der Waals surface area contributed by atoms with Gasteiger partial charge in [-0.15, -0.1) is 0 Å². The summed E-state index contributed by atoms with van der Waals surface area (Å²) in [5.41, 5.74) is 6.61. The number of ether oxygens (including phenoxy) is 3. The molecule has 8 nitrogen and oxygen atoms in total. The van der Waals surface area contributed by atoms with Crippen LogP contribution in [-0.2, 0) is 24.6 Å². The van der Waals surface area contributed by atoms with E-state index in [0.29, 0.717) is 28.9 Å². The molecule has 0 aromatic heterocycles. The predicted octanol–water partition coefficient (Wildman–Crippen LogP) is 4.37. The number of hydrogen-bond acceptors (Lipinski definition) is 7. The first-order valence-corrected chi connectivity index (χ1v) is 12.6. The van der Waals surface area contributed by atoms with E-state index in [4.69, 9.17) is 19.9 Å². The van der Waals surface area contributed by atoms with E-state index in [9.17, 15) is 22.8 Å². The number of guanidine groups is 1. The Bertz CT molecular complexity index is 1430. The number of nitrogens with zero attached hydrogens (tertiary/aromatic N) is 2. The molecule has 1 amide bonds. The largest absolute Gasteiger partial charge is 0.496 e. The van der Waals surface area contributed by atoms with Crippen LogP contribution in [0.2, 0.25) is 0 Å². The van der Waals surface area contributed by atoms with Crippen molar-refractivity contribution in [2.75, 3.05) is 13.7 Å². The van der Waals surface area contributed by atoms with E-state index < -0.39 is 41.9 Å². The molecule has 5 rings (SSSR count). The number of amides is 1. The van der Waals surface area contributed by atoms with E-state index >= 15 is 0 Å². The molecule has 2 aliphatic rings. The Morgan fingerprint density at radius 1 is 1.07 bits per heavy atom. The molecule has 0 saturated carbocycles. The van der Waals surface area contributed by atoms with Crippen molar-refractivity contribution in [2.24, 2.45) is 10.7 Å². The summed E-state index contributed by atoms with van der Waals surface area (Å²) < 4.78 is 56.1. The Morgan fingerprint density at radius 3 is 2.35 bits per heavy atom. The number of halogens is 3. The van der Waals surface area contributed by atoms with Gasteiger partial charge in [0.2, 0.25) is 12.2 Å². The first-order chi connectivity index (χ1) is 19.2. The number of carbonyl (C=O) groups excluding carboxylic acids is 2. The van der Waals surface area contributed by atoms with Crippen LogP contribution in [0.1, 0.15) is 24.0 Å². The molecule has 2 aliphatic heterocycles. The van der Waals surface area contributed by atoms with E-state index in [1.807, 2.05) is 36.4 Å². The van der Waals surface area contributed by atoms with Crippen LogP contribution >= 0.6 is 0 Å². The van der Waals surface area contributed by atoms with Crippen LogP contribution in [0.4, 0.5) is 13.2 Å². The molecule has 3 aromatic rings. The molecule has 40 heavy (non-hydrogen) atoms. The zero-order valence-electron chi connectivity index (χ0n) is 21.4. The highest BCUT2D eigenvalue weighted by atomic mass is 19.4. The van der Waals surface area contributed by atoms with Crippen molar-refractivity contribution in [1.82, 2.24) is 4.90 Å². The summed E-state index contributed by atoms with van der Waals surface area (Å²) in [5, 5.41) is 0. The average Bonchev–Trinajstić information content (AvgIpc) is 3.58. The van der Waals surface area contributed by atoms with Gasteiger partial charge < -0.3 is 19.9 Å². The van der Waals surface area contributed by atoms with Gasteiger partial charge >= 0.3 is 12.1 Å². The minimum Gasteiger partial charge on any atom is -0.496 e. The molecule has 3 unspecified atom stereocenters. The summed E-state index contributed by atoms with van der Waals surface area (Å²) in [6, 6.07) is 23.0. The van der Waals surface area contributed by atoms with E-state index in [0.717, 1.165) is 10.5 Å². The van der Waals surface area contributed by atoms with Gasteiger partial charge in [-0.1, -0.05) is 78.9 Å². The van der Waals surface area contributed by atoms with Crippen molar-refractivity contribution < 1.29 is 37.0 Å². The standard InChI is InChI=1S/C29H26F3N3O5/c1-38-23-20(18-10-4-2-5-11-18)14-8-15-21(23)28(19-12-6-3-7-13-19)25(36)35(27(33)34-28)24(22-16-9-17-39-22)40-26(37)29(30,31)32/h2-8,10-15,22,24H,9,16-17H2,1H3,(H2,33,34). The molecule has 1 saturated heterocycles. The maximum absolute atomic E-state index is 14.5. The lowest BCUT2D eigenvalue weighted by Gasteiger charge is -2.34. The third kappa shape index (κ3) is 4.66. The van der Waals surface area contributed by atoms with Crippen LogP contribution in [0.25, 0.3) is 11.1 Å². The number of benzene rings is 3. The van der Waals surface area contributed by atoms with Crippen LogP contribution < -0.4 is 10.5 Å². The lowest BCUT2D eigenvalue weighted by molar-refractivity contribution is -0.217. The number of carbonyl (C=O) groups is 2. The van der Waals surface area contributed by atoms with Gasteiger partial charge in [0, 0.05) is 17.7 Å². The Hall–Kier alpha value is -4.38. The molecule has 0 bridgehead atoms. The lowest BCUT2D eigenvalue weighted by Crippen LogP contribution is -2.55. The van der Waals surface area contributed by atoms with E-state index in [-0.39, 0.29) is 13.0 Å². The third-order valence-electron chi connectivity index (χ3n) is 6.94. The van der Waals surface area contributed by atoms with Crippen LogP contribution in [-0.4, -0.2) is 55.0 Å². The topological polar surface area (TPSA) is 103 Å². The Balaban J connectivity index is 1.69. The average molecular weight is 554 g/mol. The SMILES string of the molecule is COc1c(-c2ccccc2)cccc1C1(c2ccccc2)N=C(N)N(C(OC(=O)C(F)(F)F)C2CCCO2)C1=O. The van der Waals surface area contributed by atoms with Gasteiger partial charge in [-0.2, -0.15) is 13.2 Å². The number of methoxy groups -OCH3 is 1. The Kier molecular flexibility index (Phi) is 7.24. The molecule has 3 atom stereocenters. The molecule has 1 fully saturated rings. The van der Waals surface area contributed by atoms with Gasteiger partial charge in [0.1, 0.15) is 11.9 Å². The fraction of sp³-hybridized carbons (Fsp3) is 0.276. The smallest absolute Gasteiger partial charge is 0.491 e. The number of nitrogens with two attached hydrogens (primary N) is 1. The zero-order valence-corrected chi connectivity index (χ0v) is 21.4. The molecule has 11 heteroatoms.